The van der Waals surface area contributed by atoms with E-state index < -0.39 is 0 Å². The fourth-order valence-electron chi connectivity index (χ4n) is 2.61. The van der Waals surface area contributed by atoms with Gasteiger partial charge in [-0.15, -0.1) is 10.2 Å². The third-order valence-electron chi connectivity index (χ3n) is 4.15. The van der Waals surface area contributed by atoms with Crippen LogP contribution in [-0.4, -0.2) is 33.4 Å². The van der Waals surface area contributed by atoms with E-state index in [1.54, 1.807) is 43.5 Å². The van der Waals surface area contributed by atoms with Gasteiger partial charge < -0.3 is 14.6 Å². The summed E-state index contributed by atoms with van der Waals surface area (Å²) in [7, 11) is 1.59. The molecule has 1 heterocycles. The Morgan fingerprint density at radius 3 is 2.50 bits per heavy atom. The van der Waals surface area contributed by atoms with Gasteiger partial charge in [0, 0.05) is 17.8 Å². The molecule has 6 nitrogen and oxygen atoms in total. The van der Waals surface area contributed by atoms with Crippen molar-refractivity contribution in [2.45, 2.75) is 25.2 Å². The first-order valence-corrected chi connectivity index (χ1v) is 9.81. The number of thioether (sulfide) groups is 1. The molecule has 28 heavy (non-hydrogen) atoms. The molecule has 0 bridgehead atoms. The lowest BCUT2D eigenvalue weighted by atomic mass is 10.1. The van der Waals surface area contributed by atoms with Crippen LogP contribution in [0.2, 0.25) is 0 Å². The third kappa shape index (κ3) is 4.89. The Bertz CT molecular complexity index is 926. The van der Waals surface area contributed by atoms with Crippen molar-refractivity contribution < 1.29 is 13.9 Å². The summed E-state index contributed by atoms with van der Waals surface area (Å²) in [6.45, 7) is 3.14. The van der Waals surface area contributed by atoms with Gasteiger partial charge >= 0.3 is 0 Å². The topological polar surface area (TPSA) is 69.0 Å². The quantitative estimate of drug-likeness (QED) is 0.432. The number of aromatic nitrogens is 3. The summed E-state index contributed by atoms with van der Waals surface area (Å²) in [5.41, 5.74) is 1.44. The number of nitrogens with one attached hydrogen (secondary N) is 1. The second-order valence-corrected chi connectivity index (χ2v) is 6.89. The van der Waals surface area contributed by atoms with Crippen LogP contribution < -0.4 is 10.1 Å². The molecule has 1 N–H and O–H groups in total. The van der Waals surface area contributed by atoms with Crippen LogP contribution in [0, 0.1) is 5.82 Å². The Labute approximate surface area is 167 Å². The molecule has 0 aliphatic carbocycles. The maximum Gasteiger partial charge on any atom is 0.191 e. The number of benzene rings is 2. The standard InChI is InChI=1S/C20H21FN4O2S/c1-3-25-19(12-22-16-8-6-15(21)7-9-16)23-24-20(25)28-13-18(26)14-4-10-17(27-2)11-5-14/h4-11,22H,3,12-13H2,1-2H3. The highest BCUT2D eigenvalue weighted by molar-refractivity contribution is 7.99. The molecule has 0 aliphatic rings. The average Bonchev–Trinajstić information content (AvgIpc) is 3.13. The highest BCUT2D eigenvalue weighted by Gasteiger charge is 2.14. The number of carbonyl (C=O) groups excluding carboxylic acids is 1. The normalized spacial score (nSPS) is 10.7. The molecule has 0 radical (unpaired) electrons. The summed E-state index contributed by atoms with van der Waals surface area (Å²) < 4.78 is 20.1. The number of anilines is 1. The Balaban J connectivity index is 1.61. The minimum absolute atomic E-state index is 0.0179. The van der Waals surface area contributed by atoms with Crippen molar-refractivity contribution in [3.05, 3.63) is 65.7 Å². The van der Waals surface area contributed by atoms with E-state index in [4.69, 9.17) is 4.74 Å². The van der Waals surface area contributed by atoms with E-state index in [0.29, 0.717) is 29.6 Å². The highest BCUT2D eigenvalue weighted by Crippen LogP contribution is 2.20. The number of rotatable bonds is 9. The van der Waals surface area contributed by atoms with Gasteiger partial charge in [-0.05, 0) is 55.5 Å². The van der Waals surface area contributed by atoms with Gasteiger partial charge in [-0.3, -0.25) is 4.79 Å². The van der Waals surface area contributed by atoms with Gasteiger partial charge in [0.05, 0.1) is 19.4 Å². The number of carbonyl (C=O) groups is 1. The van der Waals surface area contributed by atoms with Gasteiger partial charge in [0.15, 0.2) is 16.8 Å². The molecule has 2 aromatic carbocycles. The maximum atomic E-state index is 13.0. The van der Waals surface area contributed by atoms with Crippen LogP contribution in [0.1, 0.15) is 23.1 Å². The second kappa shape index (κ2) is 9.36. The zero-order valence-corrected chi connectivity index (χ0v) is 16.5. The van der Waals surface area contributed by atoms with Crippen LogP contribution >= 0.6 is 11.8 Å². The van der Waals surface area contributed by atoms with Crippen LogP contribution in [0.4, 0.5) is 10.1 Å². The molecular formula is C20H21FN4O2S. The molecule has 3 aromatic rings. The van der Waals surface area contributed by atoms with Gasteiger partial charge in [-0.25, -0.2) is 4.39 Å². The van der Waals surface area contributed by atoms with Crippen LogP contribution in [0.3, 0.4) is 0 Å². The van der Waals surface area contributed by atoms with Crippen LogP contribution in [0.15, 0.2) is 53.7 Å². The zero-order chi connectivity index (χ0) is 19.9. The lowest BCUT2D eigenvalue weighted by molar-refractivity contribution is 0.102. The van der Waals surface area contributed by atoms with E-state index in [2.05, 4.69) is 15.5 Å². The molecule has 0 atom stereocenters. The van der Waals surface area contributed by atoms with Gasteiger partial charge in [-0.1, -0.05) is 11.8 Å². The lowest BCUT2D eigenvalue weighted by Crippen LogP contribution is -2.09. The number of ketones is 1. The Kier molecular flexibility index (Phi) is 6.65. The molecule has 0 spiro atoms. The molecule has 146 valence electrons. The number of methoxy groups -OCH3 is 1. The number of hydrogen-bond donors (Lipinski definition) is 1. The second-order valence-electron chi connectivity index (χ2n) is 5.94. The van der Waals surface area contributed by atoms with E-state index >= 15 is 0 Å². The van der Waals surface area contributed by atoms with Crippen LogP contribution in [0.25, 0.3) is 0 Å². The first-order chi connectivity index (χ1) is 13.6. The SMILES string of the molecule is CCn1c(CNc2ccc(F)cc2)nnc1SCC(=O)c1ccc(OC)cc1. The summed E-state index contributed by atoms with van der Waals surface area (Å²) >= 11 is 1.36. The van der Waals surface area contributed by atoms with Crippen LogP contribution in [0.5, 0.6) is 5.75 Å². The fourth-order valence-corrected chi connectivity index (χ4v) is 3.53. The van der Waals surface area contributed by atoms with Crippen molar-refractivity contribution in [3.63, 3.8) is 0 Å². The van der Waals surface area contributed by atoms with Gasteiger partial charge in [0.25, 0.3) is 0 Å². The lowest BCUT2D eigenvalue weighted by Gasteiger charge is -2.09. The van der Waals surface area contributed by atoms with Crippen molar-refractivity contribution in [1.29, 1.82) is 0 Å². The molecule has 0 fully saturated rings. The van der Waals surface area contributed by atoms with E-state index in [9.17, 15) is 9.18 Å². The van der Waals surface area contributed by atoms with Crippen molar-refractivity contribution >= 4 is 23.2 Å². The molecule has 0 amide bonds. The van der Waals surface area contributed by atoms with E-state index in [1.807, 2.05) is 11.5 Å². The van der Waals surface area contributed by atoms with Gasteiger partial charge in [0.2, 0.25) is 0 Å². The molecule has 3 rings (SSSR count). The van der Waals surface area contributed by atoms with Crippen molar-refractivity contribution in [1.82, 2.24) is 14.8 Å². The molecule has 1 aromatic heterocycles. The zero-order valence-electron chi connectivity index (χ0n) is 15.7. The first kappa shape index (κ1) is 19.9. The number of nitrogens with zero attached hydrogens (tertiary/aromatic N) is 3. The number of Topliss-reactive ketones (excluding diaryl/α,β-unsaturated/α-hetero) is 1. The smallest absolute Gasteiger partial charge is 0.191 e. The summed E-state index contributed by atoms with van der Waals surface area (Å²) in [6, 6.07) is 13.2. The van der Waals surface area contributed by atoms with Gasteiger partial charge in [0.1, 0.15) is 11.6 Å². The average molecular weight is 400 g/mol. The Morgan fingerprint density at radius 2 is 1.86 bits per heavy atom. The summed E-state index contributed by atoms with van der Waals surface area (Å²) in [5.74, 6) is 1.49. The summed E-state index contributed by atoms with van der Waals surface area (Å²) in [5, 5.41) is 12.3. The minimum Gasteiger partial charge on any atom is -0.497 e. The maximum absolute atomic E-state index is 13.0. The van der Waals surface area contributed by atoms with Gasteiger partial charge in [-0.2, -0.15) is 0 Å². The number of ether oxygens (including phenoxy) is 1. The largest absolute Gasteiger partial charge is 0.497 e. The number of hydrogen-bond acceptors (Lipinski definition) is 6. The van der Waals surface area contributed by atoms with Crippen LogP contribution in [-0.2, 0) is 13.1 Å². The molecule has 8 heteroatoms. The monoisotopic (exact) mass is 400 g/mol. The Hall–Kier alpha value is -2.87. The van der Waals surface area contributed by atoms with Crippen molar-refractivity contribution in [2.75, 3.05) is 18.2 Å². The third-order valence-corrected chi connectivity index (χ3v) is 5.12. The minimum atomic E-state index is -0.275. The fraction of sp³-hybridized carbons (Fsp3) is 0.250. The summed E-state index contributed by atoms with van der Waals surface area (Å²) in [6.07, 6.45) is 0. The Morgan fingerprint density at radius 1 is 1.14 bits per heavy atom. The first-order valence-electron chi connectivity index (χ1n) is 8.82. The van der Waals surface area contributed by atoms with Crippen molar-refractivity contribution in [3.8, 4) is 5.75 Å². The van der Waals surface area contributed by atoms with Crippen molar-refractivity contribution in [2.24, 2.45) is 0 Å². The summed E-state index contributed by atoms with van der Waals surface area (Å²) in [4.78, 5) is 12.4. The molecule has 0 unspecified atom stereocenters. The van der Waals surface area contributed by atoms with E-state index in [-0.39, 0.29) is 17.4 Å². The predicted molar refractivity (Wildman–Crippen MR) is 107 cm³/mol. The molecule has 0 saturated heterocycles. The molecule has 0 saturated carbocycles. The number of halogens is 1. The molecular weight excluding hydrogens is 379 g/mol. The predicted octanol–water partition coefficient (Wildman–Crippen LogP) is 4.03. The van der Waals surface area contributed by atoms with E-state index in [1.165, 1.54) is 23.9 Å². The highest BCUT2D eigenvalue weighted by atomic mass is 32.2. The van der Waals surface area contributed by atoms with E-state index in [0.717, 1.165) is 11.5 Å². The molecule has 0 aliphatic heterocycles.